The van der Waals surface area contributed by atoms with E-state index in [1.165, 1.54) is 0 Å². The van der Waals surface area contributed by atoms with Crippen LogP contribution in [-0.2, 0) is 0 Å². The Bertz CT molecular complexity index is 789. The summed E-state index contributed by atoms with van der Waals surface area (Å²) >= 11 is 6.97. The minimum Gasteiger partial charge on any atom is -0.368 e. The molecule has 0 saturated carbocycles. The van der Waals surface area contributed by atoms with Gasteiger partial charge in [-0.2, -0.15) is 4.98 Å². The molecule has 1 heterocycles. The number of hydrogen-bond acceptors (Lipinski definition) is 4. The van der Waals surface area contributed by atoms with Crippen molar-refractivity contribution in [3.05, 3.63) is 51.5 Å². The number of anilines is 3. The lowest BCUT2D eigenvalue weighted by Crippen LogP contribution is -2.01. The lowest BCUT2D eigenvalue weighted by atomic mass is 10.1. The van der Waals surface area contributed by atoms with Crippen molar-refractivity contribution in [2.45, 2.75) is 0 Å². The van der Waals surface area contributed by atoms with Crippen molar-refractivity contribution in [3.8, 4) is 0 Å². The first-order valence-electron chi connectivity index (χ1n) is 5.87. The Morgan fingerprint density at radius 2 is 1.70 bits per heavy atom. The van der Waals surface area contributed by atoms with E-state index >= 15 is 0 Å². The molecule has 0 aliphatic carbocycles. The van der Waals surface area contributed by atoms with Gasteiger partial charge < -0.3 is 11.1 Å². The van der Waals surface area contributed by atoms with E-state index in [1.54, 1.807) is 6.20 Å². The lowest BCUT2D eigenvalue weighted by molar-refractivity contribution is 1.17. The summed E-state index contributed by atoms with van der Waals surface area (Å²) in [5, 5.41) is 5.52. The number of nitrogens with one attached hydrogen (secondary N) is 1. The minimum atomic E-state index is 0.233. The highest BCUT2D eigenvalue weighted by atomic mass is 79.9. The second-order valence-electron chi connectivity index (χ2n) is 4.19. The Balaban J connectivity index is 2.11. The average molecular weight is 394 g/mol. The van der Waals surface area contributed by atoms with Gasteiger partial charge >= 0.3 is 0 Å². The molecule has 20 heavy (non-hydrogen) atoms. The molecule has 3 aromatic rings. The Kier molecular flexibility index (Phi) is 3.58. The molecule has 0 fully saturated rings. The molecule has 0 spiro atoms. The topological polar surface area (TPSA) is 63.8 Å². The monoisotopic (exact) mass is 392 g/mol. The molecule has 0 saturated heterocycles. The van der Waals surface area contributed by atoms with E-state index in [9.17, 15) is 0 Å². The number of rotatable bonds is 2. The fraction of sp³-hybridized carbons (Fsp3) is 0. The van der Waals surface area contributed by atoms with Gasteiger partial charge in [0.1, 0.15) is 5.82 Å². The van der Waals surface area contributed by atoms with Gasteiger partial charge in [0.15, 0.2) is 0 Å². The number of hydrogen-bond donors (Lipinski definition) is 2. The summed E-state index contributed by atoms with van der Waals surface area (Å²) in [5.74, 6) is 0.877. The van der Waals surface area contributed by atoms with Crippen molar-refractivity contribution >= 4 is 60.1 Å². The number of fused-ring (bicyclic) bond motifs is 1. The zero-order valence-corrected chi connectivity index (χ0v) is 13.4. The largest absolute Gasteiger partial charge is 0.368 e. The van der Waals surface area contributed by atoms with Crippen LogP contribution in [-0.4, -0.2) is 9.97 Å². The van der Waals surface area contributed by atoms with Crippen LogP contribution in [0.5, 0.6) is 0 Å². The van der Waals surface area contributed by atoms with Crippen LogP contribution in [0.1, 0.15) is 0 Å². The molecule has 0 atom stereocenters. The molecule has 100 valence electrons. The first-order valence-corrected chi connectivity index (χ1v) is 7.46. The van der Waals surface area contributed by atoms with Crippen molar-refractivity contribution in [1.82, 2.24) is 9.97 Å². The Morgan fingerprint density at radius 1 is 0.950 bits per heavy atom. The maximum absolute atomic E-state index is 5.63. The molecule has 4 nitrogen and oxygen atoms in total. The molecule has 0 unspecified atom stereocenters. The standard InChI is InChI=1S/C14H10Br2N4/c15-10-5-6-12(9-4-2-1-3-8(9)10)19-13-11(16)7-18-14(17)20-13/h1-7H,(H3,17,18,19,20). The molecule has 2 aromatic carbocycles. The molecule has 1 aromatic heterocycles. The normalized spacial score (nSPS) is 10.7. The smallest absolute Gasteiger partial charge is 0.222 e. The van der Waals surface area contributed by atoms with E-state index in [0.29, 0.717) is 5.82 Å². The number of nitrogens with zero attached hydrogens (tertiary/aromatic N) is 2. The summed E-state index contributed by atoms with van der Waals surface area (Å²) in [7, 11) is 0. The number of aromatic nitrogens is 2. The third kappa shape index (κ3) is 2.48. The van der Waals surface area contributed by atoms with E-state index in [2.05, 4.69) is 59.3 Å². The SMILES string of the molecule is Nc1ncc(Br)c(Nc2ccc(Br)c3ccccc23)n1. The molecule has 0 radical (unpaired) electrons. The number of halogens is 2. The molecule has 6 heteroatoms. The molecule has 0 amide bonds. The zero-order chi connectivity index (χ0) is 14.1. The predicted molar refractivity (Wildman–Crippen MR) is 89.1 cm³/mol. The van der Waals surface area contributed by atoms with E-state index in [-0.39, 0.29) is 5.95 Å². The van der Waals surface area contributed by atoms with Crippen LogP contribution in [0.15, 0.2) is 51.5 Å². The summed E-state index contributed by atoms with van der Waals surface area (Å²) in [6.07, 6.45) is 1.63. The van der Waals surface area contributed by atoms with Crippen LogP contribution in [0.2, 0.25) is 0 Å². The van der Waals surface area contributed by atoms with Gasteiger partial charge in [-0.15, -0.1) is 0 Å². The average Bonchev–Trinajstić information content (AvgIpc) is 2.46. The van der Waals surface area contributed by atoms with Gasteiger partial charge in [0.2, 0.25) is 5.95 Å². The second-order valence-corrected chi connectivity index (χ2v) is 5.90. The van der Waals surface area contributed by atoms with Crippen LogP contribution in [0.4, 0.5) is 17.5 Å². The van der Waals surface area contributed by atoms with Gasteiger partial charge in [0, 0.05) is 21.7 Å². The summed E-state index contributed by atoms with van der Waals surface area (Å²) in [4.78, 5) is 8.12. The van der Waals surface area contributed by atoms with Crippen molar-refractivity contribution in [1.29, 1.82) is 0 Å². The van der Waals surface area contributed by atoms with Gasteiger partial charge in [-0.05, 0) is 33.4 Å². The van der Waals surface area contributed by atoms with Crippen molar-refractivity contribution in [2.24, 2.45) is 0 Å². The number of nitrogens with two attached hydrogens (primary N) is 1. The quantitative estimate of drug-likeness (QED) is 0.673. The highest BCUT2D eigenvalue weighted by molar-refractivity contribution is 9.11. The Labute approximate surface area is 132 Å². The molecular weight excluding hydrogens is 384 g/mol. The van der Waals surface area contributed by atoms with Gasteiger partial charge in [-0.3, -0.25) is 0 Å². The van der Waals surface area contributed by atoms with Crippen LogP contribution in [0.25, 0.3) is 10.8 Å². The van der Waals surface area contributed by atoms with Crippen molar-refractivity contribution in [3.63, 3.8) is 0 Å². The van der Waals surface area contributed by atoms with Gasteiger partial charge in [-0.1, -0.05) is 40.2 Å². The first-order chi connectivity index (χ1) is 9.65. The lowest BCUT2D eigenvalue weighted by Gasteiger charge is -2.11. The van der Waals surface area contributed by atoms with Gasteiger partial charge in [0.25, 0.3) is 0 Å². The van der Waals surface area contributed by atoms with Crippen molar-refractivity contribution < 1.29 is 0 Å². The highest BCUT2D eigenvalue weighted by Crippen LogP contribution is 2.32. The molecule has 0 aliphatic rings. The summed E-state index contributed by atoms with van der Waals surface area (Å²) in [6.45, 7) is 0. The Morgan fingerprint density at radius 3 is 2.50 bits per heavy atom. The van der Waals surface area contributed by atoms with Gasteiger partial charge in [-0.25, -0.2) is 4.98 Å². The van der Waals surface area contributed by atoms with E-state index in [0.717, 1.165) is 25.4 Å². The van der Waals surface area contributed by atoms with E-state index in [4.69, 9.17) is 5.73 Å². The maximum Gasteiger partial charge on any atom is 0.222 e. The van der Waals surface area contributed by atoms with Crippen molar-refractivity contribution in [2.75, 3.05) is 11.1 Å². The van der Waals surface area contributed by atoms with Crippen LogP contribution in [0, 0.1) is 0 Å². The molecule has 3 N–H and O–H groups in total. The number of nitrogen functional groups attached to an aromatic ring is 1. The van der Waals surface area contributed by atoms with Crippen LogP contribution in [0.3, 0.4) is 0 Å². The molecular formula is C14H10Br2N4. The van der Waals surface area contributed by atoms with Crippen LogP contribution >= 0.6 is 31.9 Å². The van der Waals surface area contributed by atoms with E-state index < -0.39 is 0 Å². The third-order valence-electron chi connectivity index (χ3n) is 2.89. The highest BCUT2D eigenvalue weighted by Gasteiger charge is 2.08. The fourth-order valence-corrected chi connectivity index (χ4v) is 2.74. The Hall–Kier alpha value is -1.66. The van der Waals surface area contributed by atoms with Gasteiger partial charge in [0.05, 0.1) is 4.47 Å². The summed E-state index contributed by atoms with van der Waals surface area (Å²) in [5.41, 5.74) is 6.59. The fourth-order valence-electron chi connectivity index (χ4n) is 1.97. The maximum atomic E-state index is 5.63. The first kappa shape index (κ1) is 13.3. The third-order valence-corrected chi connectivity index (χ3v) is 4.16. The number of benzene rings is 2. The predicted octanol–water partition coefficient (Wildman–Crippen LogP) is 4.48. The summed E-state index contributed by atoms with van der Waals surface area (Å²) < 4.78 is 1.82. The molecule has 3 rings (SSSR count). The minimum absolute atomic E-state index is 0.233. The summed E-state index contributed by atoms with van der Waals surface area (Å²) in [6, 6.07) is 12.1. The zero-order valence-electron chi connectivity index (χ0n) is 10.3. The molecule has 0 bridgehead atoms. The second kappa shape index (κ2) is 5.38. The molecule has 0 aliphatic heterocycles. The van der Waals surface area contributed by atoms with E-state index in [1.807, 2.05) is 24.3 Å². The van der Waals surface area contributed by atoms with Crippen LogP contribution < -0.4 is 11.1 Å².